The van der Waals surface area contributed by atoms with Gasteiger partial charge < -0.3 is 5.11 Å². The van der Waals surface area contributed by atoms with Gasteiger partial charge in [-0.2, -0.15) is 13.2 Å². The molecule has 1 aliphatic carbocycles. The molecule has 1 aliphatic rings. The van der Waals surface area contributed by atoms with Crippen LogP contribution in [0.25, 0.3) is 0 Å². The molecule has 5 heteroatoms. The highest BCUT2D eigenvalue weighted by Crippen LogP contribution is 2.49. The molecule has 0 amide bonds. The van der Waals surface area contributed by atoms with Crippen molar-refractivity contribution in [3.05, 3.63) is 0 Å². The Hall–Kier alpha value is -0.740. The van der Waals surface area contributed by atoms with Gasteiger partial charge in [-0.25, -0.2) is 0 Å². The van der Waals surface area contributed by atoms with Crippen LogP contribution >= 0.6 is 0 Å². The van der Waals surface area contributed by atoms with E-state index in [0.717, 1.165) is 0 Å². The van der Waals surface area contributed by atoms with Crippen molar-refractivity contribution in [2.45, 2.75) is 12.6 Å². The third kappa shape index (κ3) is 1.22. The second kappa shape index (κ2) is 1.87. The van der Waals surface area contributed by atoms with Gasteiger partial charge in [0.15, 0.2) is 0 Å². The molecule has 0 aliphatic heterocycles. The van der Waals surface area contributed by atoms with Crippen molar-refractivity contribution in [1.82, 2.24) is 0 Å². The van der Waals surface area contributed by atoms with Crippen LogP contribution in [0.4, 0.5) is 13.2 Å². The molecule has 1 rings (SSSR count). The van der Waals surface area contributed by atoms with E-state index in [1.807, 2.05) is 0 Å². The zero-order valence-electron chi connectivity index (χ0n) is 4.85. The van der Waals surface area contributed by atoms with E-state index >= 15 is 0 Å². The predicted octanol–water partition coefficient (Wildman–Crippen LogP) is 1.27. The maximum Gasteiger partial charge on any atom is 0.392 e. The van der Waals surface area contributed by atoms with Crippen LogP contribution in [0.1, 0.15) is 6.42 Å². The van der Waals surface area contributed by atoms with Gasteiger partial charge in [0.1, 0.15) is 0 Å². The van der Waals surface area contributed by atoms with Gasteiger partial charge in [0.05, 0.1) is 11.8 Å². The van der Waals surface area contributed by atoms with Crippen LogP contribution in [0.2, 0.25) is 0 Å². The molecule has 1 N–H and O–H groups in total. The summed E-state index contributed by atoms with van der Waals surface area (Å²) in [5.74, 6) is -4.12. The van der Waals surface area contributed by atoms with Crippen LogP contribution in [0.5, 0.6) is 0 Å². The first-order chi connectivity index (χ1) is 4.43. The van der Waals surface area contributed by atoms with E-state index in [4.69, 9.17) is 5.11 Å². The fourth-order valence-corrected chi connectivity index (χ4v) is 0.830. The Balaban J connectivity index is 2.46. The highest BCUT2D eigenvalue weighted by molar-refractivity contribution is 5.73. The normalized spacial score (nSPS) is 31.9. The summed E-state index contributed by atoms with van der Waals surface area (Å²) in [6.07, 6.45) is -4.57. The molecular weight excluding hydrogens is 149 g/mol. The van der Waals surface area contributed by atoms with Gasteiger partial charge in [-0.15, -0.1) is 0 Å². The maximum absolute atomic E-state index is 11.6. The number of rotatable bonds is 1. The summed E-state index contributed by atoms with van der Waals surface area (Å²) in [6, 6.07) is 0. The van der Waals surface area contributed by atoms with Gasteiger partial charge in [-0.05, 0) is 6.42 Å². The van der Waals surface area contributed by atoms with Crippen LogP contribution in [-0.4, -0.2) is 17.3 Å². The third-order valence-electron chi connectivity index (χ3n) is 1.53. The van der Waals surface area contributed by atoms with Crippen molar-refractivity contribution in [3.8, 4) is 0 Å². The van der Waals surface area contributed by atoms with Crippen LogP contribution in [0.3, 0.4) is 0 Å². The van der Waals surface area contributed by atoms with Gasteiger partial charge in [0.25, 0.3) is 0 Å². The minimum atomic E-state index is -4.32. The Bertz CT molecular complexity index is 163. The first-order valence-corrected chi connectivity index (χ1v) is 2.72. The highest BCUT2D eigenvalue weighted by atomic mass is 19.4. The largest absolute Gasteiger partial charge is 0.481 e. The predicted molar refractivity (Wildman–Crippen MR) is 25.3 cm³/mol. The summed E-state index contributed by atoms with van der Waals surface area (Å²) in [6.45, 7) is 0. The molecule has 0 bridgehead atoms. The number of carbonyl (C=O) groups is 1. The number of carboxylic acid groups (broad SMARTS) is 1. The molecule has 0 radical (unpaired) electrons. The van der Waals surface area contributed by atoms with E-state index in [2.05, 4.69) is 0 Å². The molecule has 1 saturated carbocycles. The van der Waals surface area contributed by atoms with Crippen LogP contribution in [-0.2, 0) is 4.79 Å². The van der Waals surface area contributed by atoms with Crippen molar-refractivity contribution in [1.29, 1.82) is 0 Å². The van der Waals surface area contributed by atoms with Gasteiger partial charge in [0.2, 0.25) is 0 Å². The second-order valence-corrected chi connectivity index (χ2v) is 2.33. The van der Waals surface area contributed by atoms with E-state index in [0.29, 0.717) is 0 Å². The first-order valence-electron chi connectivity index (χ1n) is 2.72. The summed E-state index contributed by atoms with van der Waals surface area (Å²) in [7, 11) is 0. The minimum Gasteiger partial charge on any atom is -0.481 e. The standard InChI is InChI=1S/C5H5F3O2/c6-5(7,8)3-1-2(3)4(9)10/h2-3H,1H2,(H,9,10)/t2?,3-/m1/s1. The van der Waals surface area contributed by atoms with Crippen molar-refractivity contribution in [3.63, 3.8) is 0 Å². The fourth-order valence-electron chi connectivity index (χ4n) is 0.830. The first kappa shape index (κ1) is 7.37. The lowest BCUT2D eigenvalue weighted by molar-refractivity contribution is -0.160. The highest BCUT2D eigenvalue weighted by Gasteiger charge is 2.59. The third-order valence-corrected chi connectivity index (χ3v) is 1.53. The number of carboxylic acids is 1. The van der Waals surface area contributed by atoms with E-state index in [9.17, 15) is 18.0 Å². The van der Waals surface area contributed by atoms with Gasteiger partial charge in [-0.3, -0.25) is 4.79 Å². The van der Waals surface area contributed by atoms with Crippen molar-refractivity contribution in [2.24, 2.45) is 11.8 Å². The molecule has 0 saturated heterocycles. The Morgan fingerprint density at radius 1 is 1.50 bits per heavy atom. The van der Waals surface area contributed by atoms with E-state index in [-0.39, 0.29) is 6.42 Å². The number of alkyl halides is 3. The second-order valence-electron chi connectivity index (χ2n) is 2.33. The maximum atomic E-state index is 11.6. The Morgan fingerprint density at radius 3 is 2.10 bits per heavy atom. The van der Waals surface area contributed by atoms with Crippen molar-refractivity contribution in [2.75, 3.05) is 0 Å². The topological polar surface area (TPSA) is 37.3 Å². The lowest BCUT2D eigenvalue weighted by Crippen LogP contribution is -2.14. The van der Waals surface area contributed by atoms with Crippen LogP contribution in [0.15, 0.2) is 0 Å². The fraction of sp³-hybridized carbons (Fsp3) is 0.800. The lowest BCUT2D eigenvalue weighted by atomic mass is 10.3. The van der Waals surface area contributed by atoms with Gasteiger partial charge in [0, 0.05) is 0 Å². The monoisotopic (exact) mass is 154 g/mol. The zero-order chi connectivity index (χ0) is 7.94. The molecule has 0 spiro atoms. The Morgan fingerprint density at radius 2 is 2.00 bits per heavy atom. The summed E-state index contributed by atoms with van der Waals surface area (Å²) in [5, 5.41) is 8.09. The average Bonchev–Trinajstić information content (AvgIpc) is 2.35. The summed E-state index contributed by atoms with van der Waals surface area (Å²) < 4.78 is 34.8. The van der Waals surface area contributed by atoms with Crippen molar-refractivity contribution >= 4 is 5.97 Å². The van der Waals surface area contributed by atoms with Crippen LogP contribution in [0, 0.1) is 11.8 Å². The summed E-state index contributed by atoms with van der Waals surface area (Å²) in [4.78, 5) is 9.92. The molecule has 1 fully saturated rings. The van der Waals surface area contributed by atoms with Gasteiger partial charge in [-0.1, -0.05) is 0 Å². The molecule has 0 aromatic heterocycles. The smallest absolute Gasteiger partial charge is 0.392 e. The molecule has 0 aromatic carbocycles. The summed E-state index contributed by atoms with van der Waals surface area (Å²) >= 11 is 0. The summed E-state index contributed by atoms with van der Waals surface area (Å²) in [5.41, 5.74) is 0. The van der Waals surface area contributed by atoms with E-state index in [1.165, 1.54) is 0 Å². The molecule has 1 unspecified atom stereocenters. The van der Waals surface area contributed by atoms with E-state index in [1.54, 1.807) is 0 Å². The molecule has 2 nitrogen and oxygen atoms in total. The lowest BCUT2D eigenvalue weighted by Gasteiger charge is -2.01. The molecular formula is C5H5F3O2. The Kier molecular flexibility index (Phi) is 1.38. The molecule has 0 heterocycles. The number of hydrogen-bond acceptors (Lipinski definition) is 1. The van der Waals surface area contributed by atoms with Gasteiger partial charge >= 0.3 is 12.1 Å². The number of aliphatic carboxylic acids is 1. The SMILES string of the molecule is O=C(O)C1C[C@H]1C(F)(F)F. The quantitative estimate of drug-likeness (QED) is 0.617. The number of halogens is 3. The Labute approximate surface area is 54.6 Å². The molecule has 10 heavy (non-hydrogen) atoms. The van der Waals surface area contributed by atoms with E-state index < -0.39 is 24.0 Å². The molecule has 0 aromatic rings. The average molecular weight is 154 g/mol. The van der Waals surface area contributed by atoms with Crippen molar-refractivity contribution < 1.29 is 23.1 Å². The number of hydrogen-bond donors (Lipinski definition) is 1. The van der Waals surface area contributed by atoms with Crippen LogP contribution < -0.4 is 0 Å². The zero-order valence-corrected chi connectivity index (χ0v) is 4.85. The minimum absolute atomic E-state index is 0.251. The molecule has 2 atom stereocenters. The molecule has 58 valence electrons.